The normalized spacial score (nSPS) is 12.0. The third-order valence-corrected chi connectivity index (χ3v) is 11.3. The van der Waals surface area contributed by atoms with Gasteiger partial charge in [-0.2, -0.15) is 0 Å². The number of rotatable bonds is 8. The Labute approximate surface area is 254 Å². The molecule has 0 saturated heterocycles. The number of hydrogen-bond acceptors (Lipinski definition) is 1. The Balaban J connectivity index is 0.00000387. The van der Waals surface area contributed by atoms with Crippen LogP contribution in [0.15, 0.2) is 150 Å². The van der Waals surface area contributed by atoms with Crippen LogP contribution in [0.5, 0.6) is 0 Å². The van der Waals surface area contributed by atoms with E-state index in [9.17, 15) is 0 Å². The molecule has 0 spiro atoms. The largest absolute Gasteiger partial charge is 1.00 e. The molecule has 0 aliphatic carbocycles. The van der Waals surface area contributed by atoms with E-state index >= 15 is 0 Å². The van der Waals surface area contributed by atoms with Crippen LogP contribution in [0.3, 0.4) is 0 Å². The minimum atomic E-state index is -1.93. The van der Waals surface area contributed by atoms with E-state index in [1.165, 1.54) is 32.6 Å². The van der Waals surface area contributed by atoms with Gasteiger partial charge >= 0.3 is 0 Å². The summed E-state index contributed by atoms with van der Waals surface area (Å²) in [7, 11) is -1.93. The van der Waals surface area contributed by atoms with Crippen molar-refractivity contribution in [1.82, 2.24) is 0 Å². The highest BCUT2D eigenvalue weighted by Gasteiger charge is 2.45. The van der Waals surface area contributed by atoms with E-state index in [4.69, 9.17) is 11.5 Å². The van der Waals surface area contributed by atoms with Crippen molar-refractivity contribution in [3.05, 3.63) is 151 Å². The molecule has 0 amide bonds. The molecule has 0 aliphatic rings. The first-order chi connectivity index (χ1) is 19.5. The number of benzene rings is 5. The van der Waals surface area contributed by atoms with Gasteiger partial charge in [-0.1, -0.05) is 103 Å². The number of halogens is 1. The zero-order chi connectivity index (χ0) is 27.8. The summed E-state index contributed by atoms with van der Waals surface area (Å²) < 4.78 is 0. The number of guanidine groups is 1. The van der Waals surface area contributed by atoms with Gasteiger partial charge in [0, 0.05) is 0 Å². The molecule has 0 heterocycles. The van der Waals surface area contributed by atoms with E-state index in [1.54, 1.807) is 6.92 Å². The predicted molar refractivity (Wildman–Crippen MR) is 173 cm³/mol. The highest BCUT2D eigenvalue weighted by atomic mass is 79.9. The van der Waals surface area contributed by atoms with E-state index in [0.29, 0.717) is 12.4 Å². The molecule has 0 fully saturated rings. The molecule has 5 aromatic rings. The Morgan fingerprint density at radius 1 is 0.561 bits per heavy atom. The Morgan fingerprint density at radius 2 is 0.951 bits per heavy atom. The maximum absolute atomic E-state index is 5.80. The summed E-state index contributed by atoms with van der Waals surface area (Å²) in [6, 6.07) is 50.5. The zero-order valence-corrected chi connectivity index (χ0v) is 25.5. The smallest absolute Gasteiger partial charge is 0.217 e. The standard InChI is InChI=1S/C35H34N4P.BrH/c1-27(36)39-35(37)38-25-28-17-21-30(22-18-28)31-23-19-29(20-24-31)26-40(32-11-5-2-6-12-32,33-13-7-3-8-14-33)34-15-9-4-10-16-34;/h2-24H,25-26H2,1H3,(H4,36,37,38,39);1H/q+1;/p-1. The summed E-state index contributed by atoms with van der Waals surface area (Å²) in [5, 5.41) is 4.17. The van der Waals surface area contributed by atoms with Crippen LogP contribution in [0.4, 0.5) is 0 Å². The molecular formula is C35H34BrN4P. The molecule has 0 saturated carbocycles. The highest BCUT2D eigenvalue weighted by Crippen LogP contribution is 2.58. The first kappa shape index (κ1) is 29.9. The summed E-state index contributed by atoms with van der Waals surface area (Å²) in [4.78, 5) is 8.26. The monoisotopic (exact) mass is 620 g/mol. The minimum absolute atomic E-state index is 0. The number of amidine groups is 1. The molecule has 41 heavy (non-hydrogen) atoms. The summed E-state index contributed by atoms with van der Waals surface area (Å²) in [5.41, 5.74) is 16.1. The zero-order valence-electron chi connectivity index (χ0n) is 23.1. The van der Waals surface area contributed by atoms with E-state index in [0.717, 1.165) is 11.7 Å². The third-order valence-electron chi connectivity index (χ3n) is 6.97. The van der Waals surface area contributed by atoms with Crippen LogP contribution in [0.1, 0.15) is 18.1 Å². The number of nitrogens with two attached hydrogens (primary N) is 2. The van der Waals surface area contributed by atoms with Crippen molar-refractivity contribution >= 4 is 35.0 Å². The van der Waals surface area contributed by atoms with Crippen LogP contribution in [0, 0.1) is 0 Å². The Hall–Kier alpha value is -4.05. The van der Waals surface area contributed by atoms with Gasteiger partial charge in [-0.3, -0.25) is 0 Å². The first-order valence-electron chi connectivity index (χ1n) is 13.4. The molecule has 0 atom stereocenters. The fraction of sp³-hybridized carbons (Fsp3) is 0.0857. The van der Waals surface area contributed by atoms with Crippen LogP contribution in [0.2, 0.25) is 0 Å². The van der Waals surface area contributed by atoms with Crippen molar-refractivity contribution < 1.29 is 17.0 Å². The maximum Gasteiger partial charge on any atom is 0.217 e. The van der Waals surface area contributed by atoms with E-state index in [2.05, 4.69) is 150 Å². The van der Waals surface area contributed by atoms with Crippen LogP contribution in [0.25, 0.3) is 11.1 Å². The van der Waals surface area contributed by atoms with Crippen LogP contribution in [-0.2, 0) is 12.7 Å². The van der Waals surface area contributed by atoms with Gasteiger partial charge in [0.15, 0.2) is 0 Å². The van der Waals surface area contributed by atoms with Gasteiger partial charge in [0.05, 0.1) is 18.5 Å². The average molecular weight is 622 g/mol. The second-order valence-electron chi connectivity index (χ2n) is 9.80. The molecule has 4 N–H and O–H groups in total. The lowest BCUT2D eigenvalue weighted by Gasteiger charge is -2.28. The minimum Gasteiger partial charge on any atom is -1.00 e. The van der Waals surface area contributed by atoms with Crippen molar-refractivity contribution in [3.8, 4) is 11.1 Å². The van der Waals surface area contributed by atoms with Crippen molar-refractivity contribution in [2.24, 2.45) is 21.5 Å². The van der Waals surface area contributed by atoms with Crippen molar-refractivity contribution in [3.63, 3.8) is 0 Å². The van der Waals surface area contributed by atoms with Gasteiger partial charge in [0.25, 0.3) is 0 Å². The molecular weight excluding hydrogens is 587 g/mol. The van der Waals surface area contributed by atoms with E-state index < -0.39 is 7.26 Å². The van der Waals surface area contributed by atoms with E-state index in [1.807, 2.05) is 0 Å². The van der Waals surface area contributed by atoms with Gasteiger partial charge in [0.1, 0.15) is 23.2 Å². The fourth-order valence-corrected chi connectivity index (χ4v) is 9.28. The first-order valence-corrected chi connectivity index (χ1v) is 15.4. The highest BCUT2D eigenvalue weighted by molar-refractivity contribution is 7.95. The van der Waals surface area contributed by atoms with Crippen molar-refractivity contribution in [2.75, 3.05) is 0 Å². The number of nitrogens with zero attached hydrogens (tertiary/aromatic N) is 2. The van der Waals surface area contributed by atoms with Gasteiger partial charge in [-0.05, 0) is 65.6 Å². The Morgan fingerprint density at radius 3 is 1.34 bits per heavy atom. The lowest BCUT2D eigenvalue weighted by atomic mass is 10.0. The van der Waals surface area contributed by atoms with E-state index in [-0.39, 0.29) is 22.9 Å². The molecule has 5 aromatic carbocycles. The van der Waals surface area contributed by atoms with Gasteiger partial charge in [-0.25, -0.2) is 9.98 Å². The maximum atomic E-state index is 5.80. The number of aliphatic imine (C=N–C) groups is 2. The van der Waals surface area contributed by atoms with Crippen LogP contribution >= 0.6 is 7.26 Å². The quantitative estimate of drug-likeness (QED) is 0.159. The summed E-state index contributed by atoms with van der Waals surface area (Å²) in [5.74, 6) is 0.593. The molecule has 4 nitrogen and oxygen atoms in total. The Kier molecular flexibility index (Phi) is 10.2. The molecule has 206 valence electrons. The Bertz CT molecular complexity index is 1490. The van der Waals surface area contributed by atoms with Crippen molar-refractivity contribution in [1.29, 1.82) is 0 Å². The SMILES string of the molecule is CC(N)=NC(N)=NCc1ccc(-c2ccc(C[P+](c3ccccc3)(c3ccccc3)c3ccccc3)cc2)cc1.[Br-]. The molecule has 0 radical (unpaired) electrons. The average Bonchev–Trinajstić information content (AvgIpc) is 3.00. The van der Waals surface area contributed by atoms with Gasteiger partial charge in [0.2, 0.25) is 5.96 Å². The second-order valence-corrected chi connectivity index (χ2v) is 13.3. The predicted octanol–water partition coefficient (Wildman–Crippen LogP) is 3.04. The molecule has 0 aromatic heterocycles. The molecule has 5 rings (SSSR count). The summed E-state index contributed by atoms with van der Waals surface area (Å²) in [6.07, 6.45) is 0.953. The molecule has 0 bridgehead atoms. The second kappa shape index (κ2) is 14.0. The molecule has 0 aliphatic heterocycles. The fourth-order valence-electron chi connectivity index (χ4n) is 5.04. The van der Waals surface area contributed by atoms with Crippen LogP contribution < -0.4 is 44.4 Å². The summed E-state index contributed by atoms with van der Waals surface area (Å²) >= 11 is 0. The molecule has 6 heteroatoms. The topological polar surface area (TPSA) is 76.8 Å². The van der Waals surface area contributed by atoms with Crippen molar-refractivity contribution in [2.45, 2.75) is 19.6 Å². The van der Waals surface area contributed by atoms with Crippen LogP contribution in [-0.4, -0.2) is 11.8 Å². The molecule has 0 unspecified atom stereocenters. The number of hydrogen-bond donors (Lipinski definition) is 2. The summed E-state index contributed by atoms with van der Waals surface area (Å²) in [6.45, 7) is 2.15. The lowest BCUT2D eigenvalue weighted by molar-refractivity contribution is -0.00000830. The lowest BCUT2D eigenvalue weighted by Crippen LogP contribution is -3.00. The van der Waals surface area contributed by atoms with Gasteiger partial charge in [-0.15, -0.1) is 0 Å². The third kappa shape index (κ3) is 7.18. The van der Waals surface area contributed by atoms with Gasteiger partial charge < -0.3 is 28.4 Å².